The van der Waals surface area contributed by atoms with Crippen LogP contribution in [0, 0.1) is 19.8 Å². The van der Waals surface area contributed by atoms with Gasteiger partial charge in [-0.05, 0) is 52.3 Å². The quantitative estimate of drug-likeness (QED) is 0.793. The molecule has 0 amide bonds. The first-order chi connectivity index (χ1) is 9.35. The fourth-order valence-electron chi connectivity index (χ4n) is 2.78. The van der Waals surface area contributed by atoms with Crippen LogP contribution in [0.1, 0.15) is 24.2 Å². The van der Waals surface area contributed by atoms with E-state index in [4.69, 9.17) is 0 Å². The van der Waals surface area contributed by atoms with Gasteiger partial charge >= 0.3 is 0 Å². The number of aromatic nitrogens is 2. The van der Waals surface area contributed by atoms with Crippen LogP contribution < -0.4 is 0 Å². The van der Waals surface area contributed by atoms with E-state index in [9.17, 15) is 8.42 Å². The van der Waals surface area contributed by atoms with Crippen LogP contribution in [-0.4, -0.2) is 54.7 Å². The number of aryl methyl sites for hydroxylation is 2. The zero-order valence-electron chi connectivity index (χ0n) is 12.7. The lowest BCUT2D eigenvalue weighted by Gasteiger charge is -2.18. The monoisotopic (exact) mass is 299 g/mol. The average Bonchev–Trinajstić information content (AvgIpc) is 2.86. The van der Waals surface area contributed by atoms with Crippen LogP contribution in [0.4, 0.5) is 0 Å². The number of hydrogen-bond donors (Lipinski definition) is 0. The summed E-state index contributed by atoms with van der Waals surface area (Å²) in [6.07, 6.45) is 1.82. The summed E-state index contributed by atoms with van der Waals surface area (Å²) in [6.45, 7) is 6.87. The molecule has 0 bridgehead atoms. The minimum atomic E-state index is -2.73. The Labute approximate surface area is 121 Å². The molecular weight excluding hydrogens is 274 g/mol. The third-order valence-corrected chi connectivity index (χ3v) is 5.88. The topological polar surface area (TPSA) is 55.2 Å². The summed E-state index contributed by atoms with van der Waals surface area (Å²) in [7, 11) is -0.642. The minimum absolute atomic E-state index is 0.358. The van der Waals surface area contributed by atoms with Gasteiger partial charge in [-0.2, -0.15) is 5.10 Å². The molecule has 20 heavy (non-hydrogen) atoms. The molecule has 1 saturated heterocycles. The summed E-state index contributed by atoms with van der Waals surface area (Å²) in [6, 6.07) is 2.09. The van der Waals surface area contributed by atoms with E-state index in [1.54, 1.807) is 0 Å². The SMILES string of the molecule is Cc1cc(C)n(CCN(C)CC[C@H]2CCS(=O)(=O)C2)n1. The Morgan fingerprint density at radius 1 is 1.40 bits per heavy atom. The van der Waals surface area contributed by atoms with Crippen LogP contribution in [0.3, 0.4) is 0 Å². The van der Waals surface area contributed by atoms with Crippen molar-refractivity contribution in [3.05, 3.63) is 17.5 Å². The minimum Gasteiger partial charge on any atom is -0.305 e. The van der Waals surface area contributed by atoms with Gasteiger partial charge in [0.25, 0.3) is 0 Å². The maximum absolute atomic E-state index is 11.4. The van der Waals surface area contributed by atoms with Crippen LogP contribution in [0.15, 0.2) is 6.07 Å². The molecule has 2 heterocycles. The van der Waals surface area contributed by atoms with E-state index in [2.05, 4.69) is 30.0 Å². The second-order valence-electron chi connectivity index (χ2n) is 6.01. The Kier molecular flexibility index (Phi) is 4.86. The van der Waals surface area contributed by atoms with E-state index in [0.717, 1.165) is 38.2 Å². The molecule has 1 atom stereocenters. The fourth-order valence-corrected chi connectivity index (χ4v) is 4.69. The van der Waals surface area contributed by atoms with Gasteiger partial charge in [0, 0.05) is 12.2 Å². The molecule has 0 spiro atoms. The fraction of sp³-hybridized carbons (Fsp3) is 0.786. The van der Waals surface area contributed by atoms with Crippen LogP contribution in [0.5, 0.6) is 0 Å². The van der Waals surface area contributed by atoms with Crippen molar-refractivity contribution in [3.8, 4) is 0 Å². The predicted octanol–water partition coefficient (Wildman–Crippen LogP) is 1.26. The standard InChI is InChI=1S/C14H25N3O2S/c1-12-10-13(2)17(15-12)8-7-16(3)6-4-14-5-9-20(18,19)11-14/h10,14H,4-9,11H2,1-3H3/t14-/m0/s1. The molecule has 6 heteroatoms. The molecule has 0 radical (unpaired) electrons. The Morgan fingerprint density at radius 2 is 2.15 bits per heavy atom. The number of rotatable bonds is 6. The molecule has 1 aliphatic rings. The summed E-state index contributed by atoms with van der Waals surface area (Å²) in [4.78, 5) is 2.27. The molecule has 0 aromatic carbocycles. The molecule has 114 valence electrons. The van der Waals surface area contributed by atoms with Crippen LogP contribution in [0.2, 0.25) is 0 Å². The van der Waals surface area contributed by atoms with Gasteiger partial charge in [-0.25, -0.2) is 8.42 Å². The van der Waals surface area contributed by atoms with Crippen molar-refractivity contribution >= 4 is 9.84 Å². The van der Waals surface area contributed by atoms with E-state index < -0.39 is 9.84 Å². The average molecular weight is 299 g/mol. The van der Waals surface area contributed by atoms with Crippen molar-refractivity contribution in [1.82, 2.24) is 14.7 Å². The third kappa shape index (κ3) is 4.31. The van der Waals surface area contributed by atoms with E-state index in [1.165, 1.54) is 5.69 Å². The zero-order valence-corrected chi connectivity index (χ0v) is 13.5. The van der Waals surface area contributed by atoms with Crippen molar-refractivity contribution in [2.45, 2.75) is 33.2 Å². The van der Waals surface area contributed by atoms with Gasteiger partial charge in [0.1, 0.15) is 0 Å². The Hall–Kier alpha value is -0.880. The molecule has 0 unspecified atom stereocenters. The lowest BCUT2D eigenvalue weighted by atomic mass is 10.1. The van der Waals surface area contributed by atoms with E-state index in [-0.39, 0.29) is 0 Å². The second kappa shape index (κ2) is 6.26. The lowest BCUT2D eigenvalue weighted by Crippen LogP contribution is -2.26. The molecule has 0 aliphatic carbocycles. The summed E-state index contributed by atoms with van der Waals surface area (Å²) in [5.74, 6) is 1.13. The lowest BCUT2D eigenvalue weighted by molar-refractivity contribution is 0.289. The molecule has 0 N–H and O–H groups in total. The highest BCUT2D eigenvalue weighted by molar-refractivity contribution is 7.91. The molecule has 1 fully saturated rings. The molecule has 2 rings (SSSR count). The first-order valence-electron chi connectivity index (χ1n) is 7.26. The van der Waals surface area contributed by atoms with Crippen molar-refractivity contribution in [3.63, 3.8) is 0 Å². The van der Waals surface area contributed by atoms with E-state index >= 15 is 0 Å². The van der Waals surface area contributed by atoms with Gasteiger partial charge < -0.3 is 4.90 Å². The van der Waals surface area contributed by atoms with Gasteiger partial charge in [-0.15, -0.1) is 0 Å². The Morgan fingerprint density at radius 3 is 2.70 bits per heavy atom. The van der Waals surface area contributed by atoms with E-state index in [0.29, 0.717) is 17.4 Å². The molecular formula is C14H25N3O2S. The third-order valence-electron chi connectivity index (χ3n) is 4.04. The maximum atomic E-state index is 11.4. The van der Waals surface area contributed by atoms with Crippen LogP contribution in [-0.2, 0) is 16.4 Å². The van der Waals surface area contributed by atoms with Crippen molar-refractivity contribution < 1.29 is 8.42 Å². The van der Waals surface area contributed by atoms with Gasteiger partial charge in [-0.3, -0.25) is 4.68 Å². The summed E-state index contributed by atoms with van der Waals surface area (Å²) >= 11 is 0. The maximum Gasteiger partial charge on any atom is 0.150 e. The van der Waals surface area contributed by atoms with Crippen molar-refractivity contribution in [1.29, 1.82) is 0 Å². The molecule has 0 saturated carbocycles. The number of hydrogen-bond acceptors (Lipinski definition) is 4. The number of sulfone groups is 1. The van der Waals surface area contributed by atoms with E-state index in [1.807, 2.05) is 11.6 Å². The highest BCUT2D eigenvalue weighted by Crippen LogP contribution is 2.21. The molecule has 1 aromatic heterocycles. The smallest absolute Gasteiger partial charge is 0.150 e. The largest absolute Gasteiger partial charge is 0.305 e. The summed E-state index contributed by atoms with van der Waals surface area (Å²) in [5.41, 5.74) is 2.25. The van der Waals surface area contributed by atoms with Crippen molar-refractivity contribution in [2.75, 3.05) is 31.6 Å². The van der Waals surface area contributed by atoms with Gasteiger partial charge in [0.05, 0.1) is 23.7 Å². The second-order valence-corrected chi connectivity index (χ2v) is 8.24. The Balaban J connectivity index is 1.71. The van der Waals surface area contributed by atoms with Crippen molar-refractivity contribution in [2.24, 2.45) is 5.92 Å². The number of likely N-dealkylation sites (N-methyl/N-ethyl adjacent to an activating group) is 1. The molecule has 1 aliphatic heterocycles. The first-order valence-corrected chi connectivity index (χ1v) is 9.08. The summed E-state index contributed by atoms with van der Waals surface area (Å²) < 4.78 is 24.9. The normalized spacial score (nSPS) is 21.7. The van der Waals surface area contributed by atoms with Crippen LogP contribution >= 0.6 is 0 Å². The molecule has 5 nitrogen and oxygen atoms in total. The first kappa shape index (κ1) is 15.5. The summed E-state index contributed by atoms with van der Waals surface area (Å²) in [5, 5.41) is 4.45. The predicted molar refractivity (Wildman–Crippen MR) is 80.6 cm³/mol. The highest BCUT2D eigenvalue weighted by Gasteiger charge is 2.27. The number of nitrogens with zero attached hydrogens (tertiary/aromatic N) is 3. The van der Waals surface area contributed by atoms with Gasteiger partial charge in [-0.1, -0.05) is 0 Å². The van der Waals surface area contributed by atoms with Gasteiger partial charge in [0.2, 0.25) is 0 Å². The zero-order chi connectivity index (χ0) is 14.8. The molecule has 1 aromatic rings. The highest BCUT2D eigenvalue weighted by atomic mass is 32.2. The Bertz CT molecular complexity index is 551. The van der Waals surface area contributed by atoms with Crippen LogP contribution in [0.25, 0.3) is 0 Å². The van der Waals surface area contributed by atoms with Gasteiger partial charge in [0.15, 0.2) is 9.84 Å².